The van der Waals surface area contributed by atoms with Crippen molar-refractivity contribution in [3.63, 3.8) is 0 Å². The highest BCUT2D eigenvalue weighted by molar-refractivity contribution is 6.01. The van der Waals surface area contributed by atoms with Gasteiger partial charge < -0.3 is 24.4 Å². The Morgan fingerprint density at radius 3 is 2.54 bits per heavy atom. The lowest BCUT2D eigenvalue weighted by molar-refractivity contribution is -0.134. The SMILES string of the molecule is COc1cc(-c2cnn3cc(C(C)(C)COCC(=O)N(C)C)ccc23)cc(OC(F)F)c1C(=O)NC1CC1F. The van der Waals surface area contributed by atoms with E-state index in [0.717, 1.165) is 5.56 Å². The van der Waals surface area contributed by atoms with Crippen LogP contribution in [0.3, 0.4) is 0 Å². The average molecular weight is 549 g/mol. The van der Waals surface area contributed by atoms with E-state index in [1.54, 1.807) is 24.8 Å². The number of methoxy groups -OCH3 is 1. The van der Waals surface area contributed by atoms with Crippen molar-refractivity contribution in [3.8, 4) is 22.6 Å². The molecular weight excluding hydrogens is 517 g/mol. The number of fused-ring (bicyclic) bond motifs is 1. The van der Waals surface area contributed by atoms with Crippen molar-refractivity contribution in [1.29, 1.82) is 0 Å². The lowest BCUT2D eigenvalue weighted by Crippen LogP contribution is -2.30. The van der Waals surface area contributed by atoms with Gasteiger partial charge in [0.15, 0.2) is 0 Å². The number of halogens is 3. The topological polar surface area (TPSA) is 94.4 Å². The molecule has 0 radical (unpaired) electrons. The molecule has 9 nitrogen and oxygen atoms in total. The van der Waals surface area contributed by atoms with Gasteiger partial charge in [-0.3, -0.25) is 9.59 Å². The van der Waals surface area contributed by atoms with Crippen molar-refractivity contribution in [1.82, 2.24) is 19.8 Å². The minimum Gasteiger partial charge on any atom is -0.496 e. The van der Waals surface area contributed by atoms with Crippen LogP contribution in [0.4, 0.5) is 13.2 Å². The second kappa shape index (κ2) is 11.1. The van der Waals surface area contributed by atoms with Crippen LogP contribution in [-0.4, -0.2) is 79.6 Å². The zero-order chi connectivity index (χ0) is 28.5. The van der Waals surface area contributed by atoms with Crippen LogP contribution in [0.25, 0.3) is 16.6 Å². The summed E-state index contributed by atoms with van der Waals surface area (Å²) in [4.78, 5) is 26.1. The third-order valence-electron chi connectivity index (χ3n) is 6.55. The summed E-state index contributed by atoms with van der Waals surface area (Å²) in [5.41, 5.74) is 1.90. The predicted molar refractivity (Wildman–Crippen MR) is 137 cm³/mol. The molecule has 210 valence electrons. The van der Waals surface area contributed by atoms with Crippen molar-refractivity contribution in [2.45, 2.75) is 44.5 Å². The van der Waals surface area contributed by atoms with Gasteiger partial charge in [0.25, 0.3) is 5.91 Å². The van der Waals surface area contributed by atoms with E-state index in [-0.39, 0.29) is 30.2 Å². The maximum Gasteiger partial charge on any atom is 0.387 e. The van der Waals surface area contributed by atoms with E-state index < -0.39 is 35.9 Å². The maximum atomic E-state index is 13.3. The lowest BCUT2D eigenvalue weighted by Gasteiger charge is -2.25. The number of carbonyl (C=O) groups is 2. The number of likely N-dealkylation sites (N-methyl/N-ethyl adjacent to an activating group) is 1. The van der Waals surface area contributed by atoms with Gasteiger partial charge >= 0.3 is 6.61 Å². The Bertz CT molecular complexity index is 1370. The Kier molecular flexibility index (Phi) is 8.05. The minimum absolute atomic E-state index is 0.00164. The van der Waals surface area contributed by atoms with Gasteiger partial charge in [-0.1, -0.05) is 19.9 Å². The number of alkyl halides is 3. The Morgan fingerprint density at radius 1 is 1.23 bits per heavy atom. The van der Waals surface area contributed by atoms with E-state index in [0.29, 0.717) is 23.3 Å². The predicted octanol–water partition coefficient (Wildman–Crippen LogP) is 3.83. The lowest BCUT2D eigenvalue weighted by atomic mass is 9.86. The van der Waals surface area contributed by atoms with Gasteiger partial charge in [-0.2, -0.15) is 13.9 Å². The number of benzene rings is 1. The standard InChI is InChI=1S/C27H31F3N4O5/c1-27(2,14-38-13-23(35)33(3)4)16-6-7-20-17(11-31-34(20)12-16)15-8-21(37-5)24(22(9-15)39-26(29)30)25(36)32-19-10-18(19)28/h6-9,11-12,18-19,26H,10,13-14H2,1-5H3,(H,32,36). The second-order valence-corrected chi connectivity index (χ2v) is 10.2. The molecule has 1 aliphatic carbocycles. The van der Waals surface area contributed by atoms with E-state index in [2.05, 4.69) is 15.2 Å². The normalized spacial score (nSPS) is 16.8. The fourth-order valence-electron chi connectivity index (χ4n) is 4.09. The van der Waals surface area contributed by atoms with Gasteiger partial charge in [0.05, 0.1) is 31.5 Å². The van der Waals surface area contributed by atoms with E-state index in [1.807, 2.05) is 32.2 Å². The van der Waals surface area contributed by atoms with Crippen LogP contribution in [0.1, 0.15) is 36.2 Å². The third kappa shape index (κ3) is 6.27. The molecule has 0 saturated heterocycles. The highest BCUT2D eigenvalue weighted by Crippen LogP contribution is 2.38. The fourth-order valence-corrected chi connectivity index (χ4v) is 4.09. The number of nitrogens with zero attached hydrogens (tertiary/aromatic N) is 3. The summed E-state index contributed by atoms with van der Waals surface area (Å²) in [6, 6.07) is 5.90. The zero-order valence-electron chi connectivity index (χ0n) is 22.3. The largest absolute Gasteiger partial charge is 0.496 e. The van der Waals surface area contributed by atoms with Crippen LogP contribution < -0.4 is 14.8 Å². The quantitative estimate of drug-likeness (QED) is 0.392. The van der Waals surface area contributed by atoms with Gasteiger partial charge in [0.2, 0.25) is 5.91 Å². The first-order chi connectivity index (χ1) is 18.4. The molecule has 2 unspecified atom stereocenters. The summed E-state index contributed by atoms with van der Waals surface area (Å²) in [5, 5.41) is 6.90. The number of aromatic nitrogens is 2. The molecule has 1 saturated carbocycles. The highest BCUT2D eigenvalue weighted by Gasteiger charge is 2.40. The third-order valence-corrected chi connectivity index (χ3v) is 6.55. The fraction of sp³-hybridized carbons (Fsp3) is 0.444. The highest BCUT2D eigenvalue weighted by atomic mass is 19.3. The molecule has 12 heteroatoms. The van der Waals surface area contributed by atoms with Crippen LogP contribution in [-0.2, 0) is 14.9 Å². The minimum atomic E-state index is -3.20. The molecular formula is C27H31F3N4O5. The molecule has 1 fully saturated rings. The van der Waals surface area contributed by atoms with Crippen molar-refractivity contribution >= 4 is 17.3 Å². The second-order valence-electron chi connectivity index (χ2n) is 10.2. The van der Waals surface area contributed by atoms with Crippen LogP contribution in [0.5, 0.6) is 11.5 Å². The van der Waals surface area contributed by atoms with Crippen molar-refractivity contribution < 1.29 is 37.0 Å². The number of amides is 2. The molecule has 4 rings (SSSR count). The molecule has 0 spiro atoms. The van der Waals surface area contributed by atoms with Crippen molar-refractivity contribution in [3.05, 3.63) is 47.8 Å². The van der Waals surface area contributed by atoms with E-state index in [4.69, 9.17) is 9.47 Å². The Labute approximate surface area is 223 Å². The molecule has 2 aromatic heterocycles. The Morgan fingerprint density at radius 2 is 1.92 bits per heavy atom. The molecule has 0 bridgehead atoms. The number of hydrogen-bond acceptors (Lipinski definition) is 6. The summed E-state index contributed by atoms with van der Waals surface area (Å²) in [7, 11) is 4.63. The summed E-state index contributed by atoms with van der Waals surface area (Å²) in [6.45, 7) is 1.03. The number of rotatable bonds is 11. The van der Waals surface area contributed by atoms with Gasteiger partial charge in [0, 0.05) is 37.7 Å². The van der Waals surface area contributed by atoms with Gasteiger partial charge in [0.1, 0.15) is 29.8 Å². The summed E-state index contributed by atoms with van der Waals surface area (Å²) < 4.78 is 57.2. The van der Waals surface area contributed by atoms with Crippen LogP contribution in [0, 0.1) is 0 Å². The summed E-state index contributed by atoms with van der Waals surface area (Å²) in [5.74, 6) is -1.29. The van der Waals surface area contributed by atoms with E-state index >= 15 is 0 Å². The van der Waals surface area contributed by atoms with E-state index in [1.165, 1.54) is 24.1 Å². The summed E-state index contributed by atoms with van der Waals surface area (Å²) >= 11 is 0. The van der Waals surface area contributed by atoms with Crippen molar-refractivity contribution in [2.75, 3.05) is 34.4 Å². The van der Waals surface area contributed by atoms with Crippen molar-refractivity contribution in [2.24, 2.45) is 0 Å². The first-order valence-electron chi connectivity index (χ1n) is 12.3. The summed E-state index contributed by atoms with van der Waals surface area (Å²) in [6.07, 6.45) is 2.39. The van der Waals surface area contributed by atoms with Crippen LogP contribution >= 0.6 is 0 Å². The van der Waals surface area contributed by atoms with E-state index in [9.17, 15) is 22.8 Å². The smallest absolute Gasteiger partial charge is 0.387 e. The number of carbonyl (C=O) groups excluding carboxylic acids is 2. The maximum absolute atomic E-state index is 13.3. The van der Waals surface area contributed by atoms with Gasteiger partial charge in [-0.25, -0.2) is 8.91 Å². The average Bonchev–Trinajstić information content (AvgIpc) is 3.39. The molecule has 39 heavy (non-hydrogen) atoms. The number of hydrogen-bond donors (Lipinski definition) is 1. The number of pyridine rings is 1. The molecule has 1 aromatic carbocycles. The molecule has 1 aliphatic rings. The van der Waals surface area contributed by atoms with Gasteiger partial charge in [-0.05, 0) is 29.3 Å². The molecule has 1 N–H and O–H groups in total. The zero-order valence-corrected chi connectivity index (χ0v) is 22.3. The molecule has 2 heterocycles. The Hall–Kier alpha value is -3.80. The molecule has 2 atom stereocenters. The number of ether oxygens (including phenoxy) is 3. The first-order valence-corrected chi connectivity index (χ1v) is 12.3. The first kappa shape index (κ1) is 28.2. The van der Waals surface area contributed by atoms with Gasteiger partial charge in [-0.15, -0.1) is 0 Å². The molecule has 0 aliphatic heterocycles. The monoisotopic (exact) mass is 548 g/mol. The number of nitrogens with one attached hydrogen (secondary N) is 1. The van der Waals surface area contributed by atoms with Crippen LogP contribution in [0.2, 0.25) is 0 Å². The Balaban J connectivity index is 1.65. The van der Waals surface area contributed by atoms with Crippen LogP contribution in [0.15, 0.2) is 36.7 Å². The molecule has 3 aromatic rings. The molecule has 2 amide bonds.